The molecule has 0 bridgehead atoms. The second-order valence-corrected chi connectivity index (χ2v) is 7.22. The van der Waals surface area contributed by atoms with E-state index in [0.29, 0.717) is 6.04 Å². The third-order valence-corrected chi connectivity index (χ3v) is 5.79. The lowest BCUT2D eigenvalue weighted by Gasteiger charge is -2.46. The van der Waals surface area contributed by atoms with E-state index >= 15 is 0 Å². The molecule has 4 nitrogen and oxygen atoms in total. The van der Waals surface area contributed by atoms with Gasteiger partial charge in [0, 0.05) is 44.3 Å². The van der Waals surface area contributed by atoms with Crippen molar-refractivity contribution in [1.29, 1.82) is 0 Å². The van der Waals surface area contributed by atoms with Gasteiger partial charge in [-0.15, -0.1) is 0 Å². The fourth-order valence-electron chi connectivity index (χ4n) is 4.07. The molecule has 1 saturated heterocycles. The van der Waals surface area contributed by atoms with Crippen molar-refractivity contribution in [2.75, 3.05) is 46.4 Å². The van der Waals surface area contributed by atoms with E-state index in [2.05, 4.69) is 15.1 Å². The van der Waals surface area contributed by atoms with Crippen molar-refractivity contribution in [2.24, 2.45) is 5.92 Å². The Morgan fingerprint density at radius 2 is 1.90 bits per heavy atom. The van der Waals surface area contributed by atoms with E-state index in [-0.39, 0.29) is 12.1 Å². The molecular weight excluding hydrogens is 250 g/mol. The Bertz CT molecular complexity index is 307. The summed E-state index contributed by atoms with van der Waals surface area (Å²) in [6, 6.07) is 0.673. The van der Waals surface area contributed by atoms with Gasteiger partial charge in [0.2, 0.25) is 0 Å². The van der Waals surface area contributed by atoms with Crippen LogP contribution in [0.2, 0.25) is 0 Å². The van der Waals surface area contributed by atoms with Crippen molar-refractivity contribution < 1.29 is 5.11 Å². The molecule has 0 aromatic rings. The maximum Gasteiger partial charge on any atom is 0.0613 e. The molecule has 1 heterocycles. The van der Waals surface area contributed by atoms with Gasteiger partial charge in [-0.05, 0) is 51.5 Å². The first-order valence-electron chi connectivity index (χ1n) is 8.51. The minimum atomic E-state index is -0.0198. The van der Waals surface area contributed by atoms with Crippen molar-refractivity contribution in [3.63, 3.8) is 0 Å². The second kappa shape index (κ2) is 6.30. The van der Waals surface area contributed by atoms with Gasteiger partial charge in [-0.3, -0.25) is 4.90 Å². The topological polar surface area (TPSA) is 38.7 Å². The standard InChI is InChI=1S/C16H31N3O/c1-17-16(13-20)6-2-3-15(11-16)19-9-7-18(8-10-19)12-14-4-5-14/h14-15,17,20H,2-13H2,1H3. The average molecular weight is 281 g/mol. The number of rotatable bonds is 5. The van der Waals surface area contributed by atoms with E-state index in [1.54, 1.807) is 0 Å². The van der Waals surface area contributed by atoms with Crippen LogP contribution in [0.5, 0.6) is 0 Å². The van der Waals surface area contributed by atoms with Crippen LogP contribution in [0.25, 0.3) is 0 Å². The maximum atomic E-state index is 9.72. The quantitative estimate of drug-likeness (QED) is 0.786. The summed E-state index contributed by atoms with van der Waals surface area (Å²) < 4.78 is 0. The molecule has 1 aliphatic heterocycles. The third kappa shape index (κ3) is 3.35. The number of hydrogen-bond donors (Lipinski definition) is 2. The molecule has 2 unspecified atom stereocenters. The Morgan fingerprint density at radius 3 is 2.50 bits per heavy atom. The molecule has 0 amide bonds. The highest BCUT2D eigenvalue weighted by Gasteiger charge is 2.37. The van der Waals surface area contributed by atoms with E-state index in [1.807, 2.05) is 7.05 Å². The van der Waals surface area contributed by atoms with Crippen molar-refractivity contribution in [1.82, 2.24) is 15.1 Å². The normalized spacial score (nSPS) is 37.2. The highest BCUT2D eigenvalue weighted by atomic mass is 16.3. The summed E-state index contributed by atoms with van der Waals surface area (Å²) in [7, 11) is 2.01. The molecule has 0 aromatic heterocycles. The van der Waals surface area contributed by atoms with Gasteiger partial charge in [-0.25, -0.2) is 0 Å². The zero-order chi connectivity index (χ0) is 14.0. The van der Waals surface area contributed by atoms with Crippen LogP contribution in [0.4, 0.5) is 0 Å². The lowest BCUT2D eigenvalue weighted by Crippen LogP contribution is -2.57. The molecule has 2 aliphatic carbocycles. The van der Waals surface area contributed by atoms with Gasteiger partial charge in [-0.1, -0.05) is 0 Å². The molecule has 0 aromatic carbocycles. The van der Waals surface area contributed by atoms with E-state index in [9.17, 15) is 5.11 Å². The van der Waals surface area contributed by atoms with Crippen LogP contribution in [0.3, 0.4) is 0 Å². The van der Waals surface area contributed by atoms with Crippen LogP contribution in [-0.2, 0) is 0 Å². The zero-order valence-electron chi connectivity index (χ0n) is 13.0. The fraction of sp³-hybridized carbons (Fsp3) is 1.00. The molecule has 116 valence electrons. The zero-order valence-corrected chi connectivity index (χ0v) is 13.0. The predicted molar refractivity (Wildman–Crippen MR) is 81.9 cm³/mol. The molecular formula is C16H31N3O. The Balaban J connectivity index is 1.49. The minimum absolute atomic E-state index is 0.0198. The summed E-state index contributed by atoms with van der Waals surface area (Å²) in [4.78, 5) is 5.35. The number of nitrogens with zero attached hydrogens (tertiary/aromatic N) is 2. The molecule has 0 radical (unpaired) electrons. The molecule has 20 heavy (non-hydrogen) atoms. The summed E-state index contributed by atoms with van der Waals surface area (Å²) in [5.41, 5.74) is -0.0198. The largest absolute Gasteiger partial charge is 0.394 e. The van der Waals surface area contributed by atoms with Crippen LogP contribution in [0.1, 0.15) is 38.5 Å². The molecule has 4 heteroatoms. The van der Waals surface area contributed by atoms with Crippen molar-refractivity contribution in [3.8, 4) is 0 Å². The number of aliphatic hydroxyl groups excluding tert-OH is 1. The lowest BCUT2D eigenvalue weighted by atomic mass is 9.79. The van der Waals surface area contributed by atoms with Gasteiger partial charge < -0.3 is 15.3 Å². The van der Waals surface area contributed by atoms with Crippen LogP contribution >= 0.6 is 0 Å². The minimum Gasteiger partial charge on any atom is -0.394 e. The molecule has 3 rings (SSSR count). The Labute approximate surface area is 123 Å². The summed E-state index contributed by atoms with van der Waals surface area (Å²) in [5.74, 6) is 1.02. The van der Waals surface area contributed by atoms with Gasteiger partial charge in [0.05, 0.1) is 6.61 Å². The SMILES string of the molecule is CNC1(CO)CCCC(N2CCN(CC3CC3)CC2)C1. The first-order valence-corrected chi connectivity index (χ1v) is 8.51. The molecule has 0 spiro atoms. The van der Waals surface area contributed by atoms with E-state index in [0.717, 1.165) is 18.8 Å². The van der Waals surface area contributed by atoms with Crippen molar-refractivity contribution in [3.05, 3.63) is 0 Å². The van der Waals surface area contributed by atoms with Crippen molar-refractivity contribution >= 4 is 0 Å². The first kappa shape index (κ1) is 14.8. The molecule has 3 aliphatic rings. The lowest BCUT2D eigenvalue weighted by molar-refractivity contribution is 0.0343. The summed E-state index contributed by atoms with van der Waals surface area (Å²) in [5, 5.41) is 13.1. The fourth-order valence-corrected chi connectivity index (χ4v) is 4.07. The Kier molecular flexibility index (Phi) is 4.65. The molecule has 2 atom stereocenters. The van der Waals surface area contributed by atoms with Crippen LogP contribution in [0.15, 0.2) is 0 Å². The molecule has 2 saturated carbocycles. The number of aliphatic hydroxyl groups is 1. The average Bonchev–Trinajstić information content (AvgIpc) is 3.32. The van der Waals surface area contributed by atoms with Gasteiger partial charge in [0.15, 0.2) is 0 Å². The summed E-state index contributed by atoms with van der Waals surface area (Å²) in [6.07, 6.45) is 7.72. The van der Waals surface area contributed by atoms with Crippen LogP contribution < -0.4 is 5.32 Å². The highest BCUT2D eigenvalue weighted by molar-refractivity contribution is 4.96. The Hall–Kier alpha value is -0.160. The smallest absolute Gasteiger partial charge is 0.0613 e. The number of hydrogen-bond acceptors (Lipinski definition) is 4. The first-order chi connectivity index (χ1) is 9.74. The third-order valence-electron chi connectivity index (χ3n) is 5.79. The van der Waals surface area contributed by atoms with Crippen LogP contribution in [0, 0.1) is 5.92 Å². The number of piperazine rings is 1. The van der Waals surface area contributed by atoms with E-state index in [4.69, 9.17) is 0 Å². The van der Waals surface area contributed by atoms with Gasteiger partial charge in [0.1, 0.15) is 0 Å². The van der Waals surface area contributed by atoms with Gasteiger partial charge in [-0.2, -0.15) is 0 Å². The maximum absolute atomic E-state index is 9.72. The number of nitrogens with one attached hydrogen (secondary N) is 1. The molecule has 2 N–H and O–H groups in total. The highest BCUT2D eigenvalue weighted by Crippen LogP contribution is 2.32. The summed E-state index contributed by atoms with van der Waals surface area (Å²) >= 11 is 0. The number of likely N-dealkylation sites (N-methyl/N-ethyl adjacent to an activating group) is 1. The second-order valence-electron chi connectivity index (χ2n) is 7.22. The van der Waals surface area contributed by atoms with Gasteiger partial charge >= 0.3 is 0 Å². The monoisotopic (exact) mass is 281 g/mol. The molecule has 3 fully saturated rings. The van der Waals surface area contributed by atoms with Crippen LogP contribution in [-0.4, -0.2) is 72.9 Å². The predicted octanol–water partition coefficient (Wildman–Crippen LogP) is 0.907. The van der Waals surface area contributed by atoms with E-state index < -0.39 is 0 Å². The summed E-state index contributed by atoms with van der Waals surface area (Å²) in [6.45, 7) is 6.57. The van der Waals surface area contributed by atoms with E-state index in [1.165, 1.54) is 58.4 Å². The Morgan fingerprint density at radius 1 is 1.15 bits per heavy atom. The van der Waals surface area contributed by atoms with Gasteiger partial charge in [0.25, 0.3) is 0 Å². The van der Waals surface area contributed by atoms with Crippen molar-refractivity contribution in [2.45, 2.75) is 50.1 Å².